The van der Waals surface area contributed by atoms with Crippen LogP contribution in [0.2, 0.25) is 5.02 Å². The molecule has 2 heterocycles. The van der Waals surface area contributed by atoms with E-state index in [0.29, 0.717) is 28.7 Å². The van der Waals surface area contributed by atoms with Gasteiger partial charge in [-0.1, -0.05) is 11.6 Å². The highest BCUT2D eigenvalue weighted by atomic mass is 35.5. The summed E-state index contributed by atoms with van der Waals surface area (Å²) in [6.45, 7) is 0. The number of ether oxygens (including phenoxy) is 1. The maximum atomic E-state index is 12.1. The van der Waals surface area contributed by atoms with Crippen LogP contribution in [0.1, 0.15) is 16.9 Å². The first kappa shape index (κ1) is 18.4. The maximum absolute atomic E-state index is 12.1. The number of nitrogens with one attached hydrogen (secondary N) is 2. The number of methoxy groups -OCH3 is 1. The fourth-order valence-corrected chi connectivity index (χ4v) is 4.50. The maximum Gasteiger partial charge on any atom is 0.271 e. The summed E-state index contributed by atoms with van der Waals surface area (Å²) in [5, 5.41) is 6.14. The lowest BCUT2D eigenvalue weighted by Gasteiger charge is -2.11. The van der Waals surface area contributed by atoms with Crippen LogP contribution in [-0.2, 0) is 9.84 Å². The number of nitrogens with zero attached hydrogens (tertiary/aromatic N) is 2. The molecule has 1 unspecified atom stereocenters. The molecule has 0 spiro atoms. The van der Waals surface area contributed by atoms with Gasteiger partial charge in [0.25, 0.3) is 5.91 Å². The fourth-order valence-electron chi connectivity index (χ4n) is 2.57. The topological polar surface area (TPSA) is 110 Å². The first-order valence-corrected chi connectivity index (χ1v) is 10.00. The lowest BCUT2D eigenvalue weighted by molar-refractivity contribution is 0.0935. The summed E-state index contributed by atoms with van der Waals surface area (Å²) >= 11 is 6.07. The molecule has 0 aliphatic carbocycles. The third-order valence-electron chi connectivity index (χ3n) is 3.88. The summed E-state index contributed by atoms with van der Waals surface area (Å²) in [5.41, 5.74) is 0.811. The molecular weight excluding hydrogens is 380 g/mol. The van der Waals surface area contributed by atoms with Crippen molar-refractivity contribution in [3.8, 4) is 5.75 Å². The number of hydrogen-bond donors (Lipinski definition) is 2. The highest BCUT2D eigenvalue weighted by Gasteiger charge is 2.29. The van der Waals surface area contributed by atoms with Gasteiger partial charge in [-0.05, 0) is 24.6 Å². The molecule has 1 aliphatic heterocycles. The van der Waals surface area contributed by atoms with E-state index in [1.54, 1.807) is 18.2 Å². The first-order valence-electron chi connectivity index (χ1n) is 7.80. The zero-order chi connectivity index (χ0) is 18.7. The number of halogens is 1. The lowest BCUT2D eigenvalue weighted by Crippen LogP contribution is -2.36. The quantitative estimate of drug-likeness (QED) is 0.792. The molecule has 1 aromatic heterocycles. The van der Waals surface area contributed by atoms with Crippen LogP contribution in [0.5, 0.6) is 5.75 Å². The molecule has 8 nitrogen and oxygen atoms in total. The Bertz CT molecular complexity index is 918. The van der Waals surface area contributed by atoms with Gasteiger partial charge in [0.15, 0.2) is 9.84 Å². The number of rotatable bonds is 5. The molecule has 0 bridgehead atoms. The van der Waals surface area contributed by atoms with Crippen LogP contribution in [0, 0.1) is 0 Å². The average Bonchev–Trinajstić information content (AvgIpc) is 2.94. The lowest BCUT2D eigenvalue weighted by atomic mass is 10.2. The smallest absolute Gasteiger partial charge is 0.271 e. The van der Waals surface area contributed by atoms with E-state index < -0.39 is 15.7 Å². The van der Waals surface area contributed by atoms with Gasteiger partial charge < -0.3 is 15.4 Å². The number of benzene rings is 1. The van der Waals surface area contributed by atoms with Gasteiger partial charge in [0.2, 0.25) is 0 Å². The van der Waals surface area contributed by atoms with E-state index in [4.69, 9.17) is 16.3 Å². The average molecular weight is 397 g/mol. The Kier molecular flexibility index (Phi) is 5.28. The van der Waals surface area contributed by atoms with Crippen molar-refractivity contribution in [3.63, 3.8) is 0 Å². The highest BCUT2D eigenvalue weighted by Crippen LogP contribution is 2.28. The van der Waals surface area contributed by atoms with Crippen molar-refractivity contribution < 1.29 is 17.9 Å². The van der Waals surface area contributed by atoms with Crippen LogP contribution in [0.15, 0.2) is 30.6 Å². The third kappa shape index (κ3) is 4.41. The number of hydrogen-bond acceptors (Lipinski definition) is 7. The van der Waals surface area contributed by atoms with E-state index in [1.165, 1.54) is 19.5 Å². The summed E-state index contributed by atoms with van der Waals surface area (Å²) in [7, 11) is -1.52. The molecule has 1 atom stereocenters. The number of sulfone groups is 1. The van der Waals surface area contributed by atoms with Crippen LogP contribution in [-0.4, -0.2) is 49.0 Å². The predicted octanol–water partition coefficient (Wildman–Crippen LogP) is 1.80. The third-order valence-corrected chi connectivity index (χ3v) is 5.94. The van der Waals surface area contributed by atoms with E-state index >= 15 is 0 Å². The normalized spacial score (nSPS) is 18.3. The monoisotopic (exact) mass is 396 g/mol. The summed E-state index contributed by atoms with van der Waals surface area (Å²) < 4.78 is 28.0. The van der Waals surface area contributed by atoms with Crippen molar-refractivity contribution >= 4 is 38.9 Å². The molecule has 2 N–H and O–H groups in total. The number of aromatic nitrogens is 2. The Balaban J connectivity index is 1.63. The van der Waals surface area contributed by atoms with Gasteiger partial charge >= 0.3 is 0 Å². The van der Waals surface area contributed by atoms with E-state index in [0.717, 1.165) is 0 Å². The first-order chi connectivity index (χ1) is 12.4. The van der Waals surface area contributed by atoms with Crippen molar-refractivity contribution in [1.82, 2.24) is 15.3 Å². The van der Waals surface area contributed by atoms with Crippen LogP contribution in [0.4, 0.5) is 11.5 Å². The van der Waals surface area contributed by atoms with Gasteiger partial charge in [-0.2, -0.15) is 0 Å². The largest absolute Gasteiger partial charge is 0.495 e. The Morgan fingerprint density at radius 3 is 2.69 bits per heavy atom. The molecule has 1 saturated heterocycles. The van der Waals surface area contributed by atoms with Crippen molar-refractivity contribution in [2.45, 2.75) is 12.5 Å². The minimum absolute atomic E-state index is 0.0377. The molecule has 1 aromatic carbocycles. The van der Waals surface area contributed by atoms with Gasteiger partial charge in [-0.15, -0.1) is 0 Å². The molecular formula is C16H17ClN4O4S. The highest BCUT2D eigenvalue weighted by molar-refractivity contribution is 7.91. The standard InChI is InChI=1S/C16H17ClN4O4S/c1-25-14-3-2-10(6-12(14)17)20-15-8-18-13(7-19-15)16(22)21-11-4-5-26(23,24)9-11/h2-3,6-8,11H,4-5,9H2,1H3,(H,19,20)(H,21,22). The van der Waals surface area contributed by atoms with Gasteiger partial charge in [0.05, 0.1) is 36.0 Å². The minimum atomic E-state index is -3.05. The second kappa shape index (κ2) is 7.46. The van der Waals surface area contributed by atoms with Crippen molar-refractivity contribution in [2.75, 3.05) is 23.9 Å². The number of anilines is 2. The zero-order valence-corrected chi connectivity index (χ0v) is 15.5. The number of carbonyl (C=O) groups excluding carboxylic acids is 1. The Morgan fingerprint density at radius 1 is 1.31 bits per heavy atom. The SMILES string of the molecule is COc1ccc(Nc2cnc(C(=O)NC3CCS(=O)(=O)C3)cn2)cc1Cl. The summed E-state index contributed by atoms with van der Waals surface area (Å²) in [4.78, 5) is 20.3. The van der Waals surface area contributed by atoms with E-state index in [9.17, 15) is 13.2 Å². The van der Waals surface area contributed by atoms with E-state index in [2.05, 4.69) is 20.6 Å². The van der Waals surface area contributed by atoms with Crippen molar-refractivity contribution in [3.05, 3.63) is 41.3 Å². The molecule has 0 radical (unpaired) electrons. The second-order valence-corrected chi connectivity index (χ2v) is 8.47. The predicted molar refractivity (Wildman–Crippen MR) is 97.8 cm³/mol. The molecule has 10 heteroatoms. The zero-order valence-electron chi connectivity index (χ0n) is 13.9. The van der Waals surface area contributed by atoms with Gasteiger partial charge in [-0.25, -0.2) is 18.4 Å². The molecule has 26 heavy (non-hydrogen) atoms. The number of amides is 1. The summed E-state index contributed by atoms with van der Waals surface area (Å²) in [5.74, 6) is 0.607. The van der Waals surface area contributed by atoms with Crippen LogP contribution < -0.4 is 15.4 Å². The molecule has 138 valence electrons. The Labute approximate surface area is 155 Å². The minimum Gasteiger partial charge on any atom is -0.495 e. The van der Waals surface area contributed by atoms with Crippen molar-refractivity contribution in [2.24, 2.45) is 0 Å². The fraction of sp³-hybridized carbons (Fsp3) is 0.312. The molecule has 1 aliphatic rings. The molecule has 0 saturated carbocycles. The summed E-state index contributed by atoms with van der Waals surface area (Å²) in [6, 6.07) is 4.79. The van der Waals surface area contributed by atoms with Gasteiger partial charge in [0, 0.05) is 11.7 Å². The van der Waals surface area contributed by atoms with Gasteiger partial charge in [0.1, 0.15) is 17.3 Å². The molecule has 1 amide bonds. The molecule has 3 rings (SSSR count). The molecule has 2 aromatic rings. The van der Waals surface area contributed by atoms with Gasteiger partial charge in [-0.3, -0.25) is 4.79 Å². The van der Waals surface area contributed by atoms with Crippen molar-refractivity contribution in [1.29, 1.82) is 0 Å². The number of carbonyl (C=O) groups is 1. The van der Waals surface area contributed by atoms with Crippen LogP contribution >= 0.6 is 11.6 Å². The van der Waals surface area contributed by atoms with E-state index in [-0.39, 0.29) is 23.2 Å². The summed E-state index contributed by atoms with van der Waals surface area (Å²) in [6.07, 6.45) is 3.16. The Hall–Kier alpha value is -2.39. The van der Waals surface area contributed by atoms with Crippen LogP contribution in [0.25, 0.3) is 0 Å². The van der Waals surface area contributed by atoms with E-state index in [1.807, 2.05) is 0 Å². The second-order valence-electron chi connectivity index (χ2n) is 5.83. The van der Waals surface area contributed by atoms with Crippen LogP contribution in [0.3, 0.4) is 0 Å². The Morgan fingerprint density at radius 2 is 2.12 bits per heavy atom. The molecule has 1 fully saturated rings.